The second-order valence-corrected chi connectivity index (χ2v) is 12.4. The molecule has 10 heteroatoms. The maximum absolute atomic E-state index is 14.1. The lowest BCUT2D eigenvalue weighted by molar-refractivity contribution is -0.143. The molecule has 1 aliphatic heterocycles. The molecule has 2 aliphatic carbocycles. The summed E-state index contributed by atoms with van der Waals surface area (Å²) in [6.07, 6.45) is 9.44. The molecule has 3 amide bonds. The number of nitrogens with two attached hydrogens (primary N) is 1. The Bertz CT molecular complexity index is 997. The highest BCUT2D eigenvalue weighted by Crippen LogP contribution is 2.34. The largest absolute Gasteiger partial charge is 0.363 e. The minimum absolute atomic E-state index is 0.0617. The van der Waals surface area contributed by atoms with E-state index in [2.05, 4.69) is 15.6 Å². The molecule has 3 aliphatic rings. The predicted molar refractivity (Wildman–Crippen MR) is 143 cm³/mol. The average molecular weight is 532 g/mol. The van der Waals surface area contributed by atoms with Crippen molar-refractivity contribution in [1.82, 2.24) is 15.2 Å². The lowest BCUT2D eigenvalue weighted by atomic mass is 9.80. The monoisotopic (exact) mass is 531 g/mol. The highest BCUT2D eigenvalue weighted by Gasteiger charge is 2.44. The molecule has 3 fully saturated rings. The molecule has 2 heterocycles. The Labute approximate surface area is 223 Å². The Balaban J connectivity index is 1.53. The number of hydrogen-bond acceptors (Lipinski definition) is 7. The third-order valence-electron chi connectivity index (χ3n) is 8.62. The molecular weight excluding hydrogens is 490 g/mol. The van der Waals surface area contributed by atoms with E-state index in [9.17, 15) is 19.2 Å². The summed E-state index contributed by atoms with van der Waals surface area (Å²) >= 11 is 1.55. The van der Waals surface area contributed by atoms with Crippen molar-refractivity contribution in [1.29, 1.82) is 0 Å². The first-order chi connectivity index (χ1) is 17.7. The zero-order chi connectivity index (χ0) is 26.7. The molecule has 0 bridgehead atoms. The summed E-state index contributed by atoms with van der Waals surface area (Å²) in [7, 11) is 0. The van der Waals surface area contributed by atoms with Gasteiger partial charge in [-0.2, -0.15) is 0 Å². The van der Waals surface area contributed by atoms with Crippen LogP contribution in [0, 0.1) is 31.6 Å². The number of nitrogens with one attached hydrogen (secondary N) is 2. The summed E-state index contributed by atoms with van der Waals surface area (Å²) in [5.41, 5.74) is 6.24. The van der Waals surface area contributed by atoms with Crippen molar-refractivity contribution >= 4 is 40.0 Å². The fourth-order valence-corrected chi connectivity index (χ4v) is 6.86. The van der Waals surface area contributed by atoms with Gasteiger partial charge in [0.25, 0.3) is 5.91 Å². The second kappa shape index (κ2) is 11.9. The SMILES string of the molecule is Cc1nc(N[C@H](C(=O)N2CCC(C)[C@H]2C(=O)NC(CC2CCC2)C(=O)C(N)=O)C2CCCCC2)sc1C. The van der Waals surface area contributed by atoms with Gasteiger partial charge >= 0.3 is 0 Å². The van der Waals surface area contributed by atoms with E-state index in [1.165, 1.54) is 6.42 Å². The standard InChI is InChI=1S/C27H41N5O4S/c1-15-12-13-32(22(15)25(35)30-20(23(33)24(28)34)14-18-8-7-9-18)26(36)21(19-10-5-4-6-11-19)31-27-29-16(2)17(3)37-27/h15,18-22H,4-14H2,1-3H3,(H2,28,34)(H,29,31)(H,30,35)/t15?,20?,21-,22-/m0/s1. The van der Waals surface area contributed by atoms with Crippen molar-refractivity contribution in [2.45, 2.75) is 103 Å². The van der Waals surface area contributed by atoms with Gasteiger partial charge in [-0.25, -0.2) is 4.98 Å². The normalized spacial score (nSPS) is 24.2. The van der Waals surface area contributed by atoms with E-state index in [1.807, 2.05) is 20.8 Å². The number of carbonyl (C=O) groups excluding carboxylic acids is 4. The Morgan fingerprint density at radius 3 is 2.32 bits per heavy atom. The molecule has 2 saturated carbocycles. The van der Waals surface area contributed by atoms with Crippen LogP contribution in [-0.2, 0) is 19.2 Å². The van der Waals surface area contributed by atoms with Crippen molar-refractivity contribution in [3.05, 3.63) is 10.6 Å². The quantitative estimate of drug-likeness (QED) is 0.397. The maximum Gasteiger partial charge on any atom is 0.287 e. The van der Waals surface area contributed by atoms with E-state index >= 15 is 0 Å². The lowest BCUT2D eigenvalue weighted by Crippen LogP contribution is -2.57. The van der Waals surface area contributed by atoms with Crippen molar-refractivity contribution < 1.29 is 19.2 Å². The summed E-state index contributed by atoms with van der Waals surface area (Å²) in [4.78, 5) is 59.3. The van der Waals surface area contributed by atoms with E-state index in [-0.39, 0.29) is 23.7 Å². The van der Waals surface area contributed by atoms with Crippen LogP contribution in [0.2, 0.25) is 0 Å². The van der Waals surface area contributed by atoms with Gasteiger partial charge in [0.2, 0.25) is 17.6 Å². The predicted octanol–water partition coefficient (Wildman–Crippen LogP) is 3.09. The first kappa shape index (κ1) is 27.5. The summed E-state index contributed by atoms with van der Waals surface area (Å²) in [6, 6.07) is -2.08. The number of hydrogen-bond donors (Lipinski definition) is 3. The number of amides is 3. The van der Waals surface area contributed by atoms with Gasteiger partial charge in [-0.1, -0.05) is 45.4 Å². The number of ketones is 1. The number of carbonyl (C=O) groups is 4. The van der Waals surface area contributed by atoms with Gasteiger partial charge in [0, 0.05) is 11.4 Å². The third-order valence-corrected chi connectivity index (χ3v) is 9.62. The Morgan fingerprint density at radius 1 is 1.05 bits per heavy atom. The Kier molecular flexibility index (Phi) is 8.87. The molecular formula is C27H41N5O4S. The molecule has 204 valence electrons. The van der Waals surface area contributed by atoms with Gasteiger partial charge in [-0.05, 0) is 57.3 Å². The number of nitrogens with zero attached hydrogens (tertiary/aromatic N) is 2. The second-order valence-electron chi connectivity index (χ2n) is 11.2. The van der Waals surface area contributed by atoms with Crippen molar-refractivity contribution in [3.63, 3.8) is 0 Å². The molecule has 0 radical (unpaired) electrons. The Hall–Kier alpha value is -2.49. The number of likely N-dealkylation sites (tertiary alicyclic amines) is 1. The van der Waals surface area contributed by atoms with Crippen LogP contribution in [0.4, 0.5) is 5.13 Å². The molecule has 1 saturated heterocycles. The molecule has 4 rings (SSSR count). The maximum atomic E-state index is 14.1. The van der Waals surface area contributed by atoms with Crippen LogP contribution in [0.15, 0.2) is 0 Å². The highest BCUT2D eigenvalue weighted by atomic mass is 32.1. The fourth-order valence-electron chi connectivity index (χ4n) is 6.01. The van der Waals surface area contributed by atoms with Crippen molar-refractivity contribution in [3.8, 4) is 0 Å². The van der Waals surface area contributed by atoms with Crippen LogP contribution in [-0.4, -0.2) is 58.1 Å². The summed E-state index contributed by atoms with van der Waals surface area (Å²) in [5, 5.41) is 7.00. The van der Waals surface area contributed by atoms with E-state index in [0.717, 1.165) is 60.6 Å². The minimum atomic E-state index is -1.03. The van der Waals surface area contributed by atoms with Gasteiger partial charge in [-0.15, -0.1) is 11.3 Å². The van der Waals surface area contributed by atoms with Gasteiger partial charge in [0.1, 0.15) is 12.1 Å². The van der Waals surface area contributed by atoms with Gasteiger partial charge in [0.05, 0.1) is 11.7 Å². The topological polar surface area (TPSA) is 134 Å². The lowest BCUT2D eigenvalue weighted by Gasteiger charge is -2.36. The van der Waals surface area contributed by atoms with E-state index in [1.54, 1.807) is 16.2 Å². The van der Waals surface area contributed by atoms with Crippen LogP contribution in [0.25, 0.3) is 0 Å². The molecule has 37 heavy (non-hydrogen) atoms. The third kappa shape index (κ3) is 6.33. The van der Waals surface area contributed by atoms with Crippen LogP contribution in [0.3, 0.4) is 0 Å². The van der Waals surface area contributed by atoms with E-state index < -0.39 is 29.8 Å². The highest BCUT2D eigenvalue weighted by molar-refractivity contribution is 7.15. The van der Waals surface area contributed by atoms with Gasteiger partial charge in [-0.3, -0.25) is 19.2 Å². The summed E-state index contributed by atoms with van der Waals surface area (Å²) < 4.78 is 0. The number of primary amides is 1. The smallest absolute Gasteiger partial charge is 0.287 e. The molecule has 2 unspecified atom stereocenters. The number of thiazole rings is 1. The molecule has 1 aromatic rings. The van der Waals surface area contributed by atoms with E-state index in [0.29, 0.717) is 25.3 Å². The van der Waals surface area contributed by atoms with Crippen LogP contribution >= 0.6 is 11.3 Å². The number of Topliss-reactive ketones (excluding diaryl/α,β-unsaturated/α-hetero) is 1. The van der Waals surface area contributed by atoms with Gasteiger partial charge in [0.15, 0.2) is 5.13 Å². The zero-order valence-electron chi connectivity index (χ0n) is 22.3. The van der Waals surface area contributed by atoms with Crippen LogP contribution < -0.4 is 16.4 Å². The van der Waals surface area contributed by atoms with Crippen LogP contribution in [0.1, 0.15) is 81.7 Å². The van der Waals surface area contributed by atoms with E-state index in [4.69, 9.17) is 5.73 Å². The molecule has 0 aromatic carbocycles. The first-order valence-corrected chi connectivity index (χ1v) is 14.6. The summed E-state index contributed by atoms with van der Waals surface area (Å²) in [6.45, 7) is 6.43. The fraction of sp³-hybridized carbons (Fsp3) is 0.741. The minimum Gasteiger partial charge on any atom is -0.363 e. The molecule has 0 spiro atoms. The molecule has 1 aromatic heterocycles. The average Bonchev–Trinajstić information content (AvgIpc) is 3.39. The van der Waals surface area contributed by atoms with Crippen molar-refractivity contribution in [2.24, 2.45) is 23.5 Å². The Morgan fingerprint density at radius 2 is 1.76 bits per heavy atom. The van der Waals surface area contributed by atoms with Crippen LogP contribution in [0.5, 0.6) is 0 Å². The first-order valence-electron chi connectivity index (χ1n) is 13.8. The van der Waals surface area contributed by atoms with Crippen molar-refractivity contribution in [2.75, 3.05) is 11.9 Å². The van der Waals surface area contributed by atoms with Gasteiger partial charge < -0.3 is 21.3 Å². The molecule has 4 N–H and O–H groups in total. The number of aryl methyl sites for hydroxylation is 2. The molecule has 9 nitrogen and oxygen atoms in total. The number of rotatable bonds is 10. The summed E-state index contributed by atoms with van der Waals surface area (Å²) in [5.74, 6) is -1.84. The number of aromatic nitrogens is 1. The number of anilines is 1. The zero-order valence-corrected chi connectivity index (χ0v) is 23.1. The molecule has 4 atom stereocenters.